The standard InChI is InChI=1S/C20H20ClN5O3S2/c21-15-12-16-17(31(28,29)25-18-9-5-2-6-10-26(16)18)11-14(15)19(27)23-24-20(30)22-13-7-3-1-4-8-13/h1,3-4,7-8,11-12H,2,5-6,9-10H2,(H,23,27)(H2,22,24,30). The molecule has 31 heavy (non-hydrogen) atoms. The second-order valence-corrected chi connectivity index (χ2v) is 9.53. The number of carbonyl (C=O) groups is 1. The number of nitrogens with one attached hydrogen (secondary N) is 3. The average Bonchev–Trinajstić information content (AvgIpc) is 2.97. The number of amidine groups is 1. The van der Waals surface area contributed by atoms with Gasteiger partial charge in [0, 0.05) is 18.7 Å². The van der Waals surface area contributed by atoms with Gasteiger partial charge in [-0.25, -0.2) is 0 Å². The number of hydrogen-bond acceptors (Lipinski definition) is 5. The predicted molar refractivity (Wildman–Crippen MR) is 125 cm³/mol. The third kappa shape index (κ3) is 4.65. The number of rotatable bonds is 2. The fraction of sp³-hybridized carbons (Fsp3) is 0.250. The van der Waals surface area contributed by atoms with Crippen LogP contribution in [0, 0.1) is 0 Å². The van der Waals surface area contributed by atoms with Gasteiger partial charge in [0.15, 0.2) is 5.11 Å². The molecule has 2 heterocycles. The lowest BCUT2D eigenvalue weighted by Gasteiger charge is -2.30. The Hall–Kier alpha value is -2.69. The molecule has 2 aromatic carbocycles. The van der Waals surface area contributed by atoms with Crippen LogP contribution in [0.25, 0.3) is 0 Å². The van der Waals surface area contributed by atoms with Crippen molar-refractivity contribution in [2.24, 2.45) is 4.40 Å². The zero-order chi connectivity index (χ0) is 22.0. The number of amides is 1. The molecule has 11 heteroatoms. The van der Waals surface area contributed by atoms with Gasteiger partial charge in [0.2, 0.25) is 0 Å². The molecule has 8 nitrogen and oxygen atoms in total. The van der Waals surface area contributed by atoms with E-state index in [-0.39, 0.29) is 20.6 Å². The van der Waals surface area contributed by atoms with Gasteiger partial charge in [-0.15, -0.1) is 4.40 Å². The van der Waals surface area contributed by atoms with Crippen molar-refractivity contribution in [3.05, 3.63) is 53.1 Å². The van der Waals surface area contributed by atoms with E-state index in [1.807, 2.05) is 35.2 Å². The first-order valence-electron chi connectivity index (χ1n) is 9.72. The van der Waals surface area contributed by atoms with E-state index < -0.39 is 15.9 Å². The summed E-state index contributed by atoms with van der Waals surface area (Å²) in [5.74, 6) is -0.0943. The lowest BCUT2D eigenvalue weighted by molar-refractivity contribution is 0.0944. The summed E-state index contributed by atoms with van der Waals surface area (Å²) in [7, 11) is -3.92. The van der Waals surface area contributed by atoms with Gasteiger partial charge in [0.25, 0.3) is 15.9 Å². The van der Waals surface area contributed by atoms with Crippen LogP contribution in [0.1, 0.15) is 36.0 Å². The number of nitrogens with zero attached hydrogens (tertiary/aromatic N) is 2. The largest absolute Gasteiger partial charge is 0.331 e. The van der Waals surface area contributed by atoms with Gasteiger partial charge in [0.05, 0.1) is 16.3 Å². The average molecular weight is 478 g/mol. The molecule has 3 N–H and O–H groups in total. The van der Waals surface area contributed by atoms with Crippen LogP contribution >= 0.6 is 23.8 Å². The summed E-state index contributed by atoms with van der Waals surface area (Å²) in [5.41, 5.74) is 6.24. The highest BCUT2D eigenvalue weighted by molar-refractivity contribution is 7.90. The highest BCUT2D eigenvalue weighted by atomic mass is 35.5. The zero-order valence-corrected chi connectivity index (χ0v) is 18.8. The number of anilines is 2. The van der Waals surface area contributed by atoms with E-state index in [0.717, 1.165) is 24.9 Å². The number of para-hydroxylation sites is 1. The fourth-order valence-electron chi connectivity index (χ4n) is 3.54. The topological polar surface area (TPSA) is 103 Å². The van der Waals surface area contributed by atoms with E-state index in [0.29, 0.717) is 24.5 Å². The summed E-state index contributed by atoms with van der Waals surface area (Å²) >= 11 is 11.5. The number of halogens is 1. The highest BCUT2D eigenvalue weighted by Crippen LogP contribution is 2.37. The second kappa shape index (κ2) is 8.81. The van der Waals surface area contributed by atoms with Crippen molar-refractivity contribution in [2.75, 3.05) is 16.8 Å². The van der Waals surface area contributed by atoms with E-state index in [2.05, 4.69) is 20.6 Å². The van der Waals surface area contributed by atoms with Gasteiger partial charge < -0.3 is 10.2 Å². The number of hydrazine groups is 1. The first-order valence-corrected chi connectivity index (χ1v) is 11.9. The van der Waals surface area contributed by atoms with Crippen LogP contribution < -0.4 is 21.1 Å². The Labute approximate surface area is 190 Å². The molecule has 4 rings (SSSR count). The van der Waals surface area contributed by atoms with E-state index in [1.165, 1.54) is 12.1 Å². The Kier molecular flexibility index (Phi) is 6.12. The third-order valence-electron chi connectivity index (χ3n) is 5.00. The van der Waals surface area contributed by atoms with Crippen molar-refractivity contribution in [3.63, 3.8) is 0 Å². The van der Waals surface area contributed by atoms with Gasteiger partial charge in [0.1, 0.15) is 10.7 Å². The smallest absolute Gasteiger partial charge is 0.286 e. The number of sulfonamides is 1. The van der Waals surface area contributed by atoms with Crippen LogP contribution in [0.5, 0.6) is 0 Å². The van der Waals surface area contributed by atoms with Crippen molar-refractivity contribution in [2.45, 2.75) is 30.6 Å². The minimum atomic E-state index is -3.92. The van der Waals surface area contributed by atoms with Crippen LogP contribution in [-0.4, -0.2) is 31.8 Å². The van der Waals surface area contributed by atoms with Crippen LogP contribution in [0.15, 0.2) is 51.8 Å². The van der Waals surface area contributed by atoms with Gasteiger partial charge in [-0.2, -0.15) is 8.42 Å². The predicted octanol–water partition coefficient (Wildman–Crippen LogP) is 3.45. The SMILES string of the molecule is O=C(NNC(=S)Nc1ccccc1)c1cc2c(cc1Cl)N1CCCCCC1=NS2(=O)=O. The molecule has 0 atom stereocenters. The Balaban J connectivity index is 1.54. The van der Waals surface area contributed by atoms with Gasteiger partial charge >= 0.3 is 0 Å². The van der Waals surface area contributed by atoms with E-state index in [9.17, 15) is 13.2 Å². The summed E-state index contributed by atoms with van der Waals surface area (Å²) in [5, 5.41) is 3.22. The molecule has 2 aromatic rings. The lowest BCUT2D eigenvalue weighted by Crippen LogP contribution is -2.44. The third-order valence-corrected chi connectivity index (χ3v) is 6.85. The Morgan fingerprint density at radius 1 is 1.10 bits per heavy atom. The maximum atomic E-state index is 12.8. The minimum Gasteiger partial charge on any atom is -0.331 e. The fourth-order valence-corrected chi connectivity index (χ4v) is 5.21. The Bertz CT molecular complexity index is 1170. The monoisotopic (exact) mass is 477 g/mol. The first kappa shape index (κ1) is 21.5. The summed E-state index contributed by atoms with van der Waals surface area (Å²) < 4.78 is 29.5. The van der Waals surface area contributed by atoms with Crippen LogP contribution in [0.4, 0.5) is 11.4 Å². The molecule has 1 amide bonds. The molecule has 0 aliphatic carbocycles. The Morgan fingerprint density at radius 3 is 2.65 bits per heavy atom. The van der Waals surface area contributed by atoms with Gasteiger partial charge in [-0.05, 0) is 49.3 Å². The number of hydrogen-bond donors (Lipinski definition) is 3. The van der Waals surface area contributed by atoms with Crippen molar-refractivity contribution in [1.29, 1.82) is 0 Å². The van der Waals surface area contributed by atoms with Gasteiger partial charge in [-0.3, -0.25) is 15.6 Å². The molecule has 2 aliphatic heterocycles. The quantitative estimate of drug-likeness (QED) is 0.449. The molecule has 0 saturated carbocycles. The zero-order valence-electron chi connectivity index (χ0n) is 16.4. The van der Waals surface area contributed by atoms with Crippen molar-refractivity contribution < 1.29 is 13.2 Å². The number of fused-ring (bicyclic) bond motifs is 3. The summed E-state index contributed by atoms with van der Waals surface area (Å²) in [6.45, 7) is 0.657. The van der Waals surface area contributed by atoms with Crippen LogP contribution in [0.2, 0.25) is 5.02 Å². The van der Waals surface area contributed by atoms with Crippen LogP contribution in [0.3, 0.4) is 0 Å². The minimum absolute atomic E-state index is 0.00692. The maximum absolute atomic E-state index is 12.8. The van der Waals surface area contributed by atoms with E-state index in [4.69, 9.17) is 23.8 Å². The van der Waals surface area contributed by atoms with E-state index >= 15 is 0 Å². The number of carbonyl (C=O) groups excluding carboxylic acids is 1. The molecule has 1 fully saturated rings. The number of thiocarbonyl (C=S) groups is 1. The molecule has 0 bridgehead atoms. The highest BCUT2D eigenvalue weighted by Gasteiger charge is 2.33. The van der Waals surface area contributed by atoms with Crippen molar-refractivity contribution in [1.82, 2.24) is 10.9 Å². The molecule has 0 radical (unpaired) electrons. The Morgan fingerprint density at radius 2 is 1.87 bits per heavy atom. The van der Waals surface area contributed by atoms with Crippen molar-refractivity contribution in [3.8, 4) is 0 Å². The summed E-state index contributed by atoms with van der Waals surface area (Å²) in [6.07, 6.45) is 3.40. The molecule has 0 unspecified atom stereocenters. The molecular weight excluding hydrogens is 458 g/mol. The first-order chi connectivity index (χ1) is 14.8. The lowest BCUT2D eigenvalue weighted by atomic mass is 10.1. The normalized spacial score (nSPS) is 16.8. The molecule has 0 aromatic heterocycles. The van der Waals surface area contributed by atoms with Gasteiger partial charge in [-0.1, -0.05) is 36.2 Å². The molecule has 1 saturated heterocycles. The van der Waals surface area contributed by atoms with Crippen LogP contribution in [-0.2, 0) is 10.0 Å². The van der Waals surface area contributed by atoms with Crippen molar-refractivity contribution >= 4 is 62.1 Å². The second-order valence-electron chi connectivity index (χ2n) is 7.14. The maximum Gasteiger partial charge on any atom is 0.286 e. The molecule has 2 aliphatic rings. The summed E-state index contributed by atoms with van der Waals surface area (Å²) in [6, 6.07) is 12.0. The molecule has 0 spiro atoms. The van der Waals surface area contributed by atoms with E-state index in [1.54, 1.807) is 0 Å². The molecular formula is C20H20ClN5O3S2. The number of benzene rings is 2. The molecule has 162 valence electrons. The summed E-state index contributed by atoms with van der Waals surface area (Å²) in [4.78, 5) is 14.5.